The molecule has 0 unspecified atom stereocenters. The van der Waals surface area contributed by atoms with E-state index in [1.165, 1.54) is 5.56 Å². The zero-order chi connectivity index (χ0) is 19.1. The number of aryl methyl sites for hydroxylation is 1. The molecule has 0 spiro atoms. The topological polar surface area (TPSA) is 59.4 Å². The molecule has 1 N–H and O–H groups in total. The smallest absolute Gasteiger partial charge is 0.251 e. The number of hydrogen-bond acceptors (Lipinski definition) is 4. The first-order valence-corrected chi connectivity index (χ1v) is 9.80. The number of fused-ring (bicyclic) bond motifs is 2. The number of benzene rings is 2. The fourth-order valence-electron chi connectivity index (χ4n) is 4.39. The van der Waals surface area contributed by atoms with Crippen LogP contribution < -0.4 is 5.32 Å². The van der Waals surface area contributed by atoms with Crippen molar-refractivity contribution in [3.63, 3.8) is 0 Å². The fraction of sp³-hybridized carbons (Fsp3) is 0.364. The number of ether oxygens (including phenoxy) is 1. The summed E-state index contributed by atoms with van der Waals surface area (Å²) in [7, 11) is 1.95. The third-order valence-corrected chi connectivity index (χ3v) is 5.91. The number of aromatic nitrogens is 2. The van der Waals surface area contributed by atoms with Crippen molar-refractivity contribution in [1.82, 2.24) is 19.8 Å². The second kappa shape index (κ2) is 7.04. The highest BCUT2D eigenvalue weighted by Gasteiger charge is 2.38. The van der Waals surface area contributed by atoms with Gasteiger partial charge in [0, 0.05) is 37.8 Å². The lowest BCUT2D eigenvalue weighted by molar-refractivity contribution is -0.0502. The van der Waals surface area contributed by atoms with Crippen LogP contribution in [0.15, 0.2) is 54.9 Å². The molecule has 1 amide bonds. The van der Waals surface area contributed by atoms with Gasteiger partial charge in [0.2, 0.25) is 0 Å². The van der Waals surface area contributed by atoms with Crippen LogP contribution in [0.3, 0.4) is 0 Å². The average Bonchev–Trinajstić information content (AvgIpc) is 3.30. The van der Waals surface area contributed by atoms with Crippen molar-refractivity contribution in [3.8, 4) is 0 Å². The molecule has 6 nitrogen and oxygen atoms in total. The van der Waals surface area contributed by atoms with Crippen molar-refractivity contribution in [2.45, 2.75) is 24.6 Å². The molecule has 0 saturated carbocycles. The quantitative estimate of drug-likeness (QED) is 0.763. The maximum absolute atomic E-state index is 12.7. The van der Waals surface area contributed by atoms with E-state index in [2.05, 4.69) is 39.5 Å². The Kier molecular flexibility index (Phi) is 4.37. The summed E-state index contributed by atoms with van der Waals surface area (Å²) in [4.78, 5) is 19.5. The Bertz CT molecular complexity index is 1000. The molecule has 2 fully saturated rings. The van der Waals surface area contributed by atoms with Crippen LogP contribution in [0.4, 0.5) is 0 Å². The summed E-state index contributed by atoms with van der Waals surface area (Å²) in [6.07, 6.45) is 2.81. The summed E-state index contributed by atoms with van der Waals surface area (Å²) in [6.45, 7) is 2.46. The second-order valence-electron chi connectivity index (χ2n) is 7.81. The molecule has 3 heterocycles. The highest BCUT2D eigenvalue weighted by molar-refractivity contribution is 5.97. The van der Waals surface area contributed by atoms with E-state index in [9.17, 15) is 4.79 Å². The number of amides is 1. The molecule has 3 atom stereocenters. The third kappa shape index (κ3) is 3.19. The lowest BCUT2D eigenvalue weighted by Gasteiger charge is -2.35. The van der Waals surface area contributed by atoms with Gasteiger partial charge in [0.1, 0.15) is 0 Å². The highest BCUT2D eigenvalue weighted by Crippen LogP contribution is 2.30. The summed E-state index contributed by atoms with van der Waals surface area (Å²) in [5.41, 5.74) is 3.75. The zero-order valence-electron chi connectivity index (χ0n) is 15.9. The van der Waals surface area contributed by atoms with Gasteiger partial charge in [0.25, 0.3) is 5.91 Å². The molecule has 1 aromatic heterocycles. The van der Waals surface area contributed by atoms with Crippen LogP contribution in [0.2, 0.25) is 0 Å². The van der Waals surface area contributed by atoms with Crippen LogP contribution in [-0.2, 0) is 11.8 Å². The monoisotopic (exact) mass is 376 g/mol. The molecule has 6 heteroatoms. The molecule has 3 aromatic rings. The summed E-state index contributed by atoms with van der Waals surface area (Å²) < 4.78 is 8.05. The van der Waals surface area contributed by atoms with Gasteiger partial charge in [-0.3, -0.25) is 9.69 Å². The molecule has 0 radical (unpaired) electrons. The Morgan fingerprint density at radius 2 is 2.04 bits per heavy atom. The van der Waals surface area contributed by atoms with Gasteiger partial charge >= 0.3 is 0 Å². The Hall–Kier alpha value is -2.70. The van der Waals surface area contributed by atoms with E-state index in [4.69, 9.17) is 4.74 Å². The second-order valence-corrected chi connectivity index (χ2v) is 7.81. The number of carbonyl (C=O) groups is 1. The number of carbonyl (C=O) groups excluding carboxylic acids is 1. The van der Waals surface area contributed by atoms with Gasteiger partial charge in [-0.2, -0.15) is 0 Å². The van der Waals surface area contributed by atoms with Gasteiger partial charge in [-0.25, -0.2) is 4.98 Å². The van der Waals surface area contributed by atoms with Crippen LogP contribution in [0.1, 0.15) is 28.4 Å². The third-order valence-electron chi connectivity index (χ3n) is 5.91. The maximum atomic E-state index is 12.7. The van der Waals surface area contributed by atoms with E-state index in [1.54, 1.807) is 6.33 Å². The normalized spacial score (nSPS) is 25.0. The molecule has 2 aliphatic heterocycles. The van der Waals surface area contributed by atoms with Crippen molar-refractivity contribution in [2.24, 2.45) is 7.05 Å². The number of nitrogens with zero attached hydrogens (tertiary/aromatic N) is 3. The molecular formula is C22H24N4O2. The molecule has 0 aliphatic carbocycles. The predicted octanol–water partition coefficient (Wildman–Crippen LogP) is 2.52. The number of nitrogens with one attached hydrogen (secondary N) is 1. The van der Waals surface area contributed by atoms with Crippen LogP contribution in [0, 0.1) is 0 Å². The van der Waals surface area contributed by atoms with Crippen LogP contribution in [0.25, 0.3) is 11.0 Å². The molecule has 5 rings (SSSR count). The Morgan fingerprint density at radius 1 is 1.18 bits per heavy atom. The average molecular weight is 376 g/mol. The lowest BCUT2D eigenvalue weighted by Crippen LogP contribution is -2.43. The first kappa shape index (κ1) is 17.4. The van der Waals surface area contributed by atoms with Gasteiger partial charge in [-0.05, 0) is 30.2 Å². The van der Waals surface area contributed by atoms with Gasteiger partial charge < -0.3 is 14.6 Å². The van der Waals surface area contributed by atoms with Crippen LogP contribution >= 0.6 is 0 Å². The maximum Gasteiger partial charge on any atom is 0.251 e. The van der Waals surface area contributed by atoms with E-state index in [0.717, 1.165) is 30.5 Å². The zero-order valence-corrected chi connectivity index (χ0v) is 15.9. The van der Waals surface area contributed by atoms with E-state index in [0.29, 0.717) is 18.2 Å². The minimum atomic E-state index is -0.0297. The van der Waals surface area contributed by atoms with Crippen molar-refractivity contribution in [1.29, 1.82) is 0 Å². The van der Waals surface area contributed by atoms with Crippen LogP contribution in [0.5, 0.6) is 0 Å². The minimum Gasteiger partial charge on any atom is -0.371 e. The summed E-state index contributed by atoms with van der Waals surface area (Å²) in [5.74, 6) is -0.0297. The number of rotatable bonds is 3. The molecular weight excluding hydrogens is 352 g/mol. The van der Waals surface area contributed by atoms with Crippen LogP contribution in [-0.4, -0.2) is 52.1 Å². The van der Waals surface area contributed by atoms with E-state index >= 15 is 0 Å². The van der Waals surface area contributed by atoms with Gasteiger partial charge in [-0.1, -0.05) is 30.3 Å². The van der Waals surface area contributed by atoms with Gasteiger partial charge in [0.15, 0.2) is 0 Å². The molecule has 144 valence electrons. The van der Waals surface area contributed by atoms with Gasteiger partial charge in [-0.15, -0.1) is 0 Å². The molecule has 0 bridgehead atoms. The lowest BCUT2D eigenvalue weighted by atomic mass is 10.1. The number of imidazole rings is 1. The summed E-state index contributed by atoms with van der Waals surface area (Å²) >= 11 is 0. The van der Waals surface area contributed by atoms with Crippen molar-refractivity contribution in [3.05, 3.63) is 66.0 Å². The molecule has 2 aliphatic rings. The predicted molar refractivity (Wildman–Crippen MR) is 107 cm³/mol. The van der Waals surface area contributed by atoms with E-state index < -0.39 is 0 Å². The molecule has 28 heavy (non-hydrogen) atoms. The van der Waals surface area contributed by atoms with Gasteiger partial charge in [0.05, 0.1) is 30.1 Å². The molecule has 2 saturated heterocycles. The van der Waals surface area contributed by atoms with E-state index in [1.807, 2.05) is 35.9 Å². The summed E-state index contributed by atoms with van der Waals surface area (Å²) in [6, 6.07) is 16.6. The van der Waals surface area contributed by atoms with Crippen molar-refractivity contribution in [2.75, 3.05) is 19.7 Å². The number of hydrogen-bond donors (Lipinski definition) is 1. The van der Waals surface area contributed by atoms with Crippen molar-refractivity contribution >= 4 is 16.9 Å². The first-order chi connectivity index (χ1) is 13.7. The molecule has 2 aromatic carbocycles. The van der Waals surface area contributed by atoms with E-state index in [-0.39, 0.29) is 18.1 Å². The largest absolute Gasteiger partial charge is 0.371 e. The first-order valence-electron chi connectivity index (χ1n) is 9.80. The Balaban J connectivity index is 1.24. The Labute approximate surface area is 164 Å². The SMILES string of the molecule is Cn1cnc2cc(C(=O)N[C@@H]3C[C@H]4CO[C@@H](c5ccccc5)CN4C3)ccc21. The standard InChI is InChI=1S/C22H24N4O2/c1-25-14-23-19-9-16(7-8-20(19)25)22(27)24-17-10-18-13-28-21(12-26(18)11-17)15-5-3-2-4-6-15/h2-9,14,17-18,21H,10-13H2,1H3,(H,24,27)/t17-,18+,21-/m1/s1. The van der Waals surface area contributed by atoms with Crippen molar-refractivity contribution < 1.29 is 9.53 Å². The number of morpholine rings is 1. The Morgan fingerprint density at radius 3 is 2.89 bits per heavy atom. The fourth-order valence-corrected chi connectivity index (χ4v) is 4.39. The highest BCUT2D eigenvalue weighted by atomic mass is 16.5. The minimum absolute atomic E-state index is 0.0297. The summed E-state index contributed by atoms with van der Waals surface area (Å²) in [5, 5.41) is 3.21.